The molecule has 0 heterocycles. The molecule has 0 bridgehead atoms. The molecule has 1 aliphatic rings. The molecule has 1 rings (SSSR count). The Balaban J connectivity index is 2.16. The van der Waals surface area contributed by atoms with Crippen molar-refractivity contribution in [1.82, 2.24) is 5.32 Å². The van der Waals surface area contributed by atoms with Gasteiger partial charge in [-0.2, -0.15) is 0 Å². The first-order valence-electron chi connectivity index (χ1n) is 6.11. The highest BCUT2D eigenvalue weighted by Gasteiger charge is 2.25. The minimum atomic E-state index is 0.289. The Kier molecular flexibility index (Phi) is 6.30. The van der Waals surface area contributed by atoms with Crippen LogP contribution < -0.4 is 5.32 Å². The van der Waals surface area contributed by atoms with Gasteiger partial charge in [-0.05, 0) is 31.6 Å². The van der Waals surface area contributed by atoms with Crippen molar-refractivity contribution in [2.24, 2.45) is 11.8 Å². The van der Waals surface area contributed by atoms with Crippen LogP contribution >= 0.6 is 15.9 Å². The molecule has 1 fully saturated rings. The van der Waals surface area contributed by atoms with Gasteiger partial charge in [-0.3, -0.25) is 4.79 Å². The zero-order chi connectivity index (χ0) is 11.1. The standard InChI is InChI=1S/C12H22BrNO/c1-2-4-10(7-8-13)9-14-12(15)11-5-3-6-11/h10-11H,2-9H2,1H3,(H,14,15). The van der Waals surface area contributed by atoms with Gasteiger partial charge in [-0.25, -0.2) is 0 Å². The van der Waals surface area contributed by atoms with Gasteiger partial charge < -0.3 is 5.32 Å². The van der Waals surface area contributed by atoms with E-state index in [2.05, 4.69) is 28.2 Å². The van der Waals surface area contributed by atoms with Crippen LogP contribution in [0.2, 0.25) is 0 Å². The molecule has 0 aromatic rings. The summed E-state index contributed by atoms with van der Waals surface area (Å²) in [6.07, 6.45) is 7.02. The molecule has 1 amide bonds. The van der Waals surface area contributed by atoms with Crippen molar-refractivity contribution >= 4 is 21.8 Å². The van der Waals surface area contributed by atoms with Gasteiger partial charge in [0.2, 0.25) is 5.91 Å². The number of rotatable bonds is 7. The molecule has 1 saturated carbocycles. The summed E-state index contributed by atoms with van der Waals surface area (Å²) in [5.41, 5.74) is 0. The van der Waals surface area contributed by atoms with Gasteiger partial charge in [-0.15, -0.1) is 0 Å². The van der Waals surface area contributed by atoms with Crippen molar-refractivity contribution in [1.29, 1.82) is 0 Å². The van der Waals surface area contributed by atoms with Gasteiger partial charge in [0.15, 0.2) is 0 Å². The first-order chi connectivity index (χ1) is 7.27. The Morgan fingerprint density at radius 3 is 2.67 bits per heavy atom. The number of halogens is 1. The number of amides is 1. The predicted octanol–water partition coefficient (Wildman–Crippen LogP) is 3.10. The lowest BCUT2D eigenvalue weighted by Gasteiger charge is -2.25. The lowest BCUT2D eigenvalue weighted by atomic mass is 9.84. The number of carbonyl (C=O) groups is 1. The van der Waals surface area contributed by atoms with Crippen LogP contribution in [-0.2, 0) is 4.79 Å². The second-order valence-corrected chi connectivity index (χ2v) is 5.30. The number of carbonyl (C=O) groups excluding carboxylic acids is 1. The lowest BCUT2D eigenvalue weighted by Crippen LogP contribution is -2.37. The maximum Gasteiger partial charge on any atom is 0.223 e. The third kappa shape index (κ3) is 4.54. The average molecular weight is 276 g/mol. The SMILES string of the molecule is CCCC(CCBr)CNC(=O)C1CCC1. The molecular formula is C12H22BrNO. The quantitative estimate of drug-likeness (QED) is 0.711. The van der Waals surface area contributed by atoms with Crippen LogP contribution in [0.25, 0.3) is 0 Å². The molecule has 2 nitrogen and oxygen atoms in total. The highest BCUT2D eigenvalue weighted by molar-refractivity contribution is 9.09. The highest BCUT2D eigenvalue weighted by Crippen LogP contribution is 2.26. The molecule has 0 radical (unpaired) electrons. The molecule has 0 saturated heterocycles. The summed E-state index contributed by atoms with van der Waals surface area (Å²) in [6.45, 7) is 3.07. The fourth-order valence-corrected chi connectivity index (χ4v) is 2.62. The van der Waals surface area contributed by atoms with Crippen LogP contribution in [0, 0.1) is 11.8 Å². The van der Waals surface area contributed by atoms with E-state index in [0.29, 0.717) is 11.8 Å². The zero-order valence-corrected chi connectivity index (χ0v) is 11.2. The molecule has 1 atom stereocenters. The maximum atomic E-state index is 11.6. The van der Waals surface area contributed by atoms with Crippen LogP contribution in [0.15, 0.2) is 0 Å². The largest absolute Gasteiger partial charge is 0.356 e. The van der Waals surface area contributed by atoms with Crippen LogP contribution in [0.3, 0.4) is 0 Å². The van der Waals surface area contributed by atoms with E-state index in [1.807, 2.05) is 0 Å². The van der Waals surface area contributed by atoms with Crippen molar-refractivity contribution < 1.29 is 4.79 Å². The van der Waals surface area contributed by atoms with Crippen molar-refractivity contribution in [3.05, 3.63) is 0 Å². The molecule has 1 unspecified atom stereocenters. The molecule has 0 aromatic carbocycles. The van der Waals surface area contributed by atoms with Crippen LogP contribution in [0.1, 0.15) is 45.4 Å². The van der Waals surface area contributed by atoms with E-state index < -0.39 is 0 Å². The normalized spacial score (nSPS) is 18.3. The number of alkyl halides is 1. The van der Waals surface area contributed by atoms with Gasteiger partial charge in [-0.1, -0.05) is 35.7 Å². The predicted molar refractivity (Wildman–Crippen MR) is 67.2 cm³/mol. The summed E-state index contributed by atoms with van der Waals surface area (Å²) < 4.78 is 0. The second-order valence-electron chi connectivity index (χ2n) is 4.51. The number of nitrogens with one attached hydrogen (secondary N) is 1. The third-order valence-corrected chi connectivity index (χ3v) is 3.71. The van der Waals surface area contributed by atoms with Crippen LogP contribution in [0.4, 0.5) is 0 Å². The van der Waals surface area contributed by atoms with Crippen molar-refractivity contribution in [2.75, 3.05) is 11.9 Å². The molecule has 88 valence electrons. The molecule has 0 spiro atoms. The monoisotopic (exact) mass is 275 g/mol. The minimum absolute atomic E-state index is 0.289. The summed E-state index contributed by atoms with van der Waals surface area (Å²) in [4.78, 5) is 11.6. The molecule has 3 heteroatoms. The average Bonchev–Trinajstić information content (AvgIpc) is 2.12. The Labute approximate surface area is 101 Å². The van der Waals surface area contributed by atoms with Crippen LogP contribution in [-0.4, -0.2) is 17.8 Å². The van der Waals surface area contributed by atoms with Crippen molar-refractivity contribution in [3.63, 3.8) is 0 Å². The molecule has 1 N–H and O–H groups in total. The Hall–Kier alpha value is -0.0500. The van der Waals surface area contributed by atoms with E-state index in [4.69, 9.17) is 0 Å². The van der Waals surface area contributed by atoms with Gasteiger partial charge in [0, 0.05) is 17.8 Å². The van der Waals surface area contributed by atoms with Gasteiger partial charge in [0.1, 0.15) is 0 Å². The number of hydrogen-bond acceptors (Lipinski definition) is 1. The minimum Gasteiger partial charge on any atom is -0.356 e. The lowest BCUT2D eigenvalue weighted by molar-refractivity contribution is -0.127. The van der Waals surface area contributed by atoms with Gasteiger partial charge >= 0.3 is 0 Å². The topological polar surface area (TPSA) is 29.1 Å². The molecule has 0 aliphatic heterocycles. The highest BCUT2D eigenvalue weighted by atomic mass is 79.9. The van der Waals surface area contributed by atoms with E-state index in [9.17, 15) is 4.79 Å². The van der Waals surface area contributed by atoms with E-state index in [-0.39, 0.29) is 5.91 Å². The molecular weight excluding hydrogens is 254 g/mol. The Morgan fingerprint density at radius 1 is 1.47 bits per heavy atom. The summed E-state index contributed by atoms with van der Waals surface area (Å²) >= 11 is 3.47. The summed E-state index contributed by atoms with van der Waals surface area (Å²) in [6, 6.07) is 0. The fraction of sp³-hybridized carbons (Fsp3) is 0.917. The van der Waals surface area contributed by atoms with E-state index >= 15 is 0 Å². The second kappa shape index (κ2) is 7.26. The summed E-state index contributed by atoms with van der Waals surface area (Å²) in [7, 11) is 0. The van der Waals surface area contributed by atoms with Crippen LogP contribution in [0.5, 0.6) is 0 Å². The van der Waals surface area contributed by atoms with Crippen molar-refractivity contribution in [2.45, 2.75) is 45.4 Å². The summed E-state index contributed by atoms with van der Waals surface area (Å²) in [5, 5.41) is 4.13. The first kappa shape index (κ1) is 13.0. The summed E-state index contributed by atoms with van der Waals surface area (Å²) in [5.74, 6) is 1.27. The van der Waals surface area contributed by atoms with Crippen molar-refractivity contribution in [3.8, 4) is 0 Å². The zero-order valence-electron chi connectivity index (χ0n) is 9.60. The fourth-order valence-electron chi connectivity index (χ4n) is 1.97. The van der Waals surface area contributed by atoms with E-state index in [1.165, 1.54) is 25.7 Å². The molecule has 0 aromatic heterocycles. The van der Waals surface area contributed by atoms with E-state index in [1.54, 1.807) is 0 Å². The number of hydrogen-bond donors (Lipinski definition) is 1. The first-order valence-corrected chi connectivity index (χ1v) is 7.23. The van der Waals surface area contributed by atoms with Gasteiger partial charge in [0.25, 0.3) is 0 Å². The third-order valence-electron chi connectivity index (χ3n) is 3.26. The Morgan fingerprint density at radius 2 is 2.20 bits per heavy atom. The van der Waals surface area contributed by atoms with E-state index in [0.717, 1.165) is 24.7 Å². The molecule has 15 heavy (non-hydrogen) atoms. The molecule has 1 aliphatic carbocycles. The smallest absolute Gasteiger partial charge is 0.223 e. The Bertz CT molecular complexity index is 186. The van der Waals surface area contributed by atoms with Gasteiger partial charge in [0.05, 0.1) is 0 Å². The maximum absolute atomic E-state index is 11.6.